The van der Waals surface area contributed by atoms with Crippen molar-refractivity contribution in [2.24, 2.45) is 5.92 Å². The fourth-order valence-electron chi connectivity index (χ4n) is 3.15. The number of fused-ring (bicyclic) bond motifs is 1. The molecule has 3 N–H and O–H groups in total. The molecular weight excluding hydrogens is 332 g/mol. The first-order chi connectivity index (χ1) is 12.4. The normalized spacial score (nSPS) is 17.5. The average molecular weight is 356 g/mol. The van der Waals surface area contributed by atoms with E-state index in [9.17, 15) is 9.59 Å². The molecule has 0 spiro atoms. The number of hydrogen-bond acceptors (Lipinski definition) is 5. The number of hydrogen-bond donors (Lipinski definition) is 3. The maximum absolute atomic E-state index is 12.6. The number of carbonyl (C=O) groups is 2. The van der Waals surface area contributed by atoms with E-state index in [2.05, 4.69) is 32.2 Å². The van der Waals surface area contributed by atoms with Gasteiger partial charge in [0, 0.05) is 38.2 Å². The van der Waals surface area contributed by atoms with Crippen LogP contribution in [0.5, 0.6) is 0 Å². The van der Waals surface area contributed by atoms with Gasteiger partial charge in [-0.1, -0.05) is 6.58 Å². The van der Waals surface area contributed by atoms with Gasteiger partial charge >= 0.3 is 0 Å². The molecule has 2 aromatic rings. The van der Waals surface area contributed by atoms with Crippen LogP contribution in [0, 0.1) is 5.92 Å². The number of carbonyl (C=O) groups excluding carboxylic acids is 2. The van der Waals surface area contributed by atoms with Crippen LogP contribution in [-0.2, 0) is 4.79 Å². The Morgan fingerprint density at radius 2 is 2.19 bits per heavy atom. The summed E-state index contributed by atoms with van der Waals surface area (Å²) < 4.78 is 0. The van der Waals surface area contributed by atoms with Gasteiger partial charge in [0.15, 0.2) is 5.65 Å². The van der Waals surface area contributed by atoms with Crippen molar-refractivity contribution in [3.63, 3.8) is 0 Å². The molecule has 0 saturated carbocycles. The fourth-order valence-corrected chi connectivity index (χ4v) is 3.15. The predicted octanol–water partition coefficient (Wildman–Crippen LogP) is 1.05. The third-order valence-electron chi connectivity index (χ3n) is 4.58. The minimum atomic E-state index is -0.598. The van der Waals surface area contributed by atoms with E-state index in [-0.39, 0.29) is 11.8 Å². The molecular formula is C18H24N6O2. The molecule has 0 radical (unpaired) electrons. The zero-order valence-electron chi connectivity index (χ0n) is 15.1. The van der Waals surface area contributed by atoms with Gasteiger partial charge in [-0.3, -0.25) is 19.9 Å². The summed E-state index contributed by atoms with van der Waals surface area (Å²) in [6.07, 6.45) is 7.05. The molecule has 3 heterocycles. The Kier molecular flexibility index (Phi) is 5.03. The zero-order chi connectivity index (χ0) is 18.7. The molecule has 8 heteroatoms. The summed E-state index contributed by atoms with van der Waals surface area (Å²) in [6.45, 7) is 9.51. The molecule has 0 bridgehead atoms. The Balaban J connectivity index is 1.56. The summed E-state index contributed by atoms with van der Waals surface area (Å²) in [7, 11) is 0. The molecule has 138 valence electrons. The van der Waals surface area contributed by atoms with Gasteiger partial charge < -0.3 is 15.2 Å². The number of nitrogens with zero attached hydrogens (tertiary/aromatic N) is 3. The van der Waals surface area contributed by atoms with E-state index in [1.165, 1.54) is 6.08 Å². The van der Waals surface area contributed by atoms with Crippen molar-refractivity contribution in [2.75, 3.05) is 19.6 Å². The average Bonchev–Trinajstić information content (AvgIpc) is 3.26. The quantitative estimate of drug-likeness (QED) is 0.530. The summed E-state index contributed by atoms with van der Waals surface area (Å²) in [5.41, 5.74) is 1.00. The Bertz CT molecular complexity index is 828. The van der Waals surface area contributed by atoms with E-state index in [1.807, 2.05) is 13.8 Å². The van der Waals surface area contributed by atoms with Crippen LogP contribution < -0.4 is 10.6 Å². The molecule has 1 atom stereocenters. The number of nitrogens with one attached hydrogen (secondary N) is 3. The highest BCUT2D eigenvalue weighted by Gasteiger charge is 2.28. The topological polar surface area (TPSA) is 103 Å². The summed E-state index contributed by atoms with van der Waals surface area (Å²) >= 11 is 0. The largest absolute Gasteiger partial charge is 0.344 e. The first kappa shape index (κ1) is 18.1. The van der Waals surface area contributed by atoms with Crippen LogP contribution in [-0.4, -0.2) is 57.0 Å². The standard InChI is InChI=1S/C18H24N6O2/c1-4-14(25)24-8-5-12(11-24)9-22-18(2,3)23-17(26)13-10-21-16-15(13)19-6-7-20-16/h4,6-7,10,12,22H,1,5,8-9,11H2,2-3H3,(H,20,21)(H,23,26)/t12-/m0/s1. The third-order valence-corrected chi connectivity index (χ3v) is 4.58. The monoisotopic (exact) mass is 356 g/mol. The second-order valence-corrected chi connectivity index (χ2v) is 7.06. The number of aromatic nitrogens is 3. The van der Waals surface area contributed by atoms with E-state index in [4.69, 9.17) is 0 Å². The molecule has 2 amide bonds. The molecule has 0 unspecified atom stereocenters. The van der Waals surface area contributed by atoms with Gasteiger partial charge in [0.05, 0.1) is 11.2 Å². The van der Waals surface area contributed by atoms with Crippen LogP contribution in [0.2, 0.25) is 0 Å². The van der Waals surface area contributed by atoms with Crippen LogP contribution in [0.15, 0.2) is 31.2 Å². The SMILES string of the molecule is C=CC(=O)N1CC[C@@H](CNC(C)(C)NC(=O)c2c[nH]c3nccnc23)C1. The van der Waals surface area contributed by atoms with Gasteiger partial charge in [-0.25, -0.2) is 4.98 Å². The number of H-pyrrole nitrogens is 1. The molecule has 0 aliphatic carbocycles. The molecule has 3 rings (SSSR count). The second-order valence-electron chi connectivity index (χ2n) is 7.06. The molecule has 1 aliphatic rings. The fraction of sp³-hybridized carbons (Fsp3) is 0.444. The highest BCUT2D eigenvalue weighted by molar-refractivity contribution is 6.04. The van der Waals surface area contributed by atoms with Crippen molar-refractivity contribution >= 4 is 23.0 Å². The third kappa shape index (κ3) is 3.91. The van der Waals surface area contributed by atoms with Crippen LogP contribution in [0.3, 0.4) is 0 Å². The van der Waals surface area contributed by atoms with Gasteiger partial charge in [0.1, 0.15) is 5.52 Å². The summed E-state index contributed by atoms with van der Waals surface area (Å²) in [5.74, 6) is 0.110. The lowest BCUT2D eigenvalue weighted by molar-refractivity contribution is -0.125. The predicted molar refractivity (Wildman–Crippen MR) is 98.3 cm³/mol. The van der Waals surface area contributed by atoms with Crippen LogP contribution >= 0.6 is 0 Å². The Morgan fingerprint density at radius 3 is 2.96 bits per heavy atom. The number of amides is 2. The molecule has 8 nitrogen and oxygen atoms in total. The van der Waals surface area contributed by atoms with Gasteiger partial charge in [-0.05, 0) is 32.3 Å². The molecule has 0 aromatic carbocycles. The van der Waals surface area contributed by atoms with E-state index in [1.54, 1.807) is 23.5 Å². The van der Waals surface area contributed by atoms with Gasteiger partial charge in [-0.2, -0.15) is 0 Å². The Morgan fingerprint density at radius 1 is 1.42 bits per heavy atom. The maximum Gasteiger partial charge on any atom is 0.256 e. The summed E-state index contributed by atoms with van der Waals surface area (Å²) in [5, 5.41) is 6.36. The van der Waals surface area contributed by atoms with Crippen molar-refractivity contribution in [1.29, 1.82) is 0 Å². The molecule has 26 heavy (non-hydrogen) atoms. The molecule has 1 saturated heterocycles. The lowest BCUT2D eigenvalue weighted by atomic mass is 10.1. The van der Waals surface area contributed by atoms with E-state index >= 15 is 0 Å². The highest BCUT2D eigenvalue weighted by atomic mass is 16.2. The van der Waals surface area contributed by atoms with Crippen LogP contribution in [0.25, 0.3) is 11.2 Å². The lowest BCUT2D eigenvalue weighted by Crippen LogP contribution is -2.55. The Hall–Kier alpha value is -2.74. The number of aromatic amines is 1. The molecule has 2 aromatic heterocycles. The summed E-state index contributed by atoms with van der Waals surface area (Å²) in [4.78, 5) is 37.4. The summed E-state index contributed by atoms with van der Waals surface area (Å²) in [6, 6.07) is 0. The van der Waals surface area contributed by atoms with Crippen molar-refractivity contribution in [3.8, 4) is 0 Å². The first-order valence-corrected chi connectivity index (χ1v) is 8.66. The van der Waals surface area contributed by atoms with E-state index < -0.39 is 5.66 Å². The number of likely N-dealkylation sites (tertiary alicyclic amines) is 1. The van der Waals surface area contributed by atoms with E-state index in [0.717, 1.165) is 13.0 Å². The van der Waals surface area contributed by atoms with Crippen LogP contribution in [0.4, 0.5) is 0 Å². The Labute approximate surface area is 152 Å². The number of rotatable bonds is 6. The zero-order valence-corrected chi connectivity index (χ0v) is 15.1. The van der Waals surface area contributed by atoms with E-state index in [0.29, 0.717) is 35.7 Å². The maximum atomic E-state index is 12.6. The first-order valence-electron chi connectivity index (χ1n) is 8.66. The van der Waals surface area contributed by atoms with Crippen molar-refractivity contribution < 1.29 is 9.59 Å². The molecule has 1 fully saturated rings. The van der Waals surface area contributed by atoms with Crippen molar-refractivity contribution in [3.05, 3.63) is 36.8 Å². The van der Waals surface area contributed by atoms with Gasteiger partial charge in [0.25, 0.3) is 5.91 Å². The highest BCUT2D eigenvalue weighted by Crippen LogP contribution is 2.17. The minimum Gasteiger partial charge on any atom is -0.344 e. The lowest BCUT2D eigenvalue weighted by Gasteiger charge is -2.29. The smallest absolute Gasteiger partial charge is 0.256 e. The minimum absolute atomic E-state index is 0.0273. The van der Waals surface area contributed by atoms with Crippen molar-refractivity contribution in [1.82, 2.24) is 30.5 Å². The second kappa shape index (κ2) is 7.25. The van der Waals surface area contributed by atoms with Gasteiger partial charge in [0.2, 0.25) is 5.91 Å². The molecule has 1 aliphatic heterocycles. The van der Waals surface area contributed by atoms with Crippen LogP contribution in [0.1, 0.15) is 30.6 Å². The van der Waals surface area contributed by atoms with Crippen molar-refractivity contribution in [2.45, 2.75) is 25.9 Å². The van der Waals surface area contributed by atoms with Gasteiger partial charge in [-0.15, -0.1) is 0 Å².